The van der Waals surface area contributed by atoms with Crippen LogP contribution in [0.2, 0.25) is 5.02 Å². The summed E-state index contributed by atoms with van der Waals surface area (Å²) >= 11 is 6.15. The number of carbonyl (C=O) groups excluding carboxylic acids is 1. The zero-order valence-corrected chi connectivity index (χ0v) is 13.2. The van der Waals surface area contributed by atoms with Gasteiger partial charge in [-0.1, -0.05) is 11.6 Å². The molecular weight excluding hydrogens is 304 g/mol. The number of hydrogen-bond acceptors (Lipinski definition) is 3. The molecule has 0 radical (unpaired) electrons. The Bertz CT molecular complexity index is 724. The van der Waals surface area contributed by atoms with Gasteiger partial charge >= 0.3 is 0 Å². The number of hydrogen-bond donors (Lipinski definition) is 1. The third-order valence-corrected chi connectivity index (χ3v) is 4.05. The highest BCUT2D eigenvalue weighted by molar-refractivity contribution is 6.32. The van der Waals surface area contributed by atoms with Crippen LogP contribution in [0.25, 0.3) is 0 Å². The van der Waals surface area contributed by atoms with E-state index in [1.807, 2.05) is 30.7 Å². The van der Waals surface area contributed by atoms with Crippen LogP contribution in [0.1, 0.15) is 21.7 Å². The minimum atomic E-state index is -0.197. The van der Waals surface area contributed by atoms with Gasteiger partial charge in [0.05, 0.1) is 11.6 Å². The number of fused-ring (bicyclic) bond motifs is 1. The number of ether oxygens (including phenoxy) is 2. The van der Waals surface area contributed by atoms with Crippen LogP contribution in [-0.4, -0.2) is 23.7 Å². The van der Waals surface area contributed by atoms with Crippen LogP contribution in [0.3, 0.4) is 0 Å². The number of amides is 1. The maximum Gasteiger partial charge on any atom is 0.251 e. The molecule has 22 heavy (non-hydrogen) atoms. The number of benzene rings is 1. The average molecular weight is 321 g/mol. The lowest BCUT2D eigenvalue weighted by atomic mass is 10.1. The van der Waals surface area contributed by atoms with E-state index in [-0.39, 0.29) is 5.91 Å². The molecule has 0 unspecified atom stereocenters. The summed E-state index contributed by atoms with van der Waals surface area (Å²) in [6.07, 6.45) is 0. The molecule has 3 rings (SSSR count). The second-order valence-electron chi connectivity index (χ2n) is 5.19. The second-order valence-corrected chi connectivity index (χ2v) is 5.60. The summed E-state index contributed by atoms with van der Waals surface area (Å²) in [6.45, 7) is 3.39. The van der Waals surface area contributed by atoms with Gasteiger partial charge in [0.1, 0.15) is 13.2 Å². The third-order valence-electron chi connectivity index (χ3n) is 3.77. The van der Waals surface area contributed by atoms with Crippen molar-refractivity contribution in [2.24, 2.45) is 7.05 Å². The molecule has 1 amide bonds. The Labute approximate surface area is 133 Å². The van der Waals surface area contributed by atoms with Crippen molar-refractivity contribution in [1.82, 2.24) is 9.88 Å². The lowest BCUT2D eigenvalue weighted by Gasteiger charge is -2.20. The Hall–Kier alpha value is -2.14. The van der Waals surface area contributed by atoms with Crippen molar-refractivity contribution in [2.45, 2.75) is 13.5 Å². The smallest absolute Gasteiger partial charge is 0.251 e. The first-order chi connectivity index (χ1) is 10.6. The molecule has 1 aliphatic rings. The minimum Gasteiger partial charge on any atom is -0.486 e. The van der Waals surface area contributed by atoms with E-state index in [9.17, 15) is 4.79 Å². The van der Waals surface area contributed by atoms with Gasteiger partial charge in [0.2, 0.25) is 0 Å². The number of aromatic nitrogens is 1. The molecule has 5 nitrogen and oxygen atoms in total. The van der Waals surface area contributed by atoms with Crippen molar-refractivity contribution in [2.75, 3.05) is 13.2 Å². The van der Waals surface area contributed by atoms with Crippen molar-refractivity contribution in [3.05, 3.63) is 46.2 Å². The number of halogens is 1. The first-order valence-corrected chi connectivity index (χ1v) is 7.42. The zero-order chi connectivity index (χ0) is 15.7. The number of aryl methyl sites for hydroxylation is 1. The number of rotatable bonds is 3. The summed E-state index contributed by atoms with van der Waals surface area (Å²) in [6, 6.07) is 7.27. The van der Waals surface area contributed by atoms with Crippen molar-refractivity contribution >= 4 is 17.5 Å². The van der Waals surface area contributed by atoms with E-state index in [1.165, 1.54) is 0 Å². The van der Waals surface area contributed by atoms with E-state index in [4.69, 9.17) is 21.1 Å². The highest BCUT2D eigenvalue weighted by atomic mass is 35.5. The van der Waals surface area contributed by atoms with E-state index in [0.29, 0.717) is 41.8 Å². The van der Waals surface area contributed by atoms with Gasteiger partial charge in [-0.25, -0.2) is 0 Å². The predicted octanol–water partition coefficient (Wildman–Crippen LogP) is 2.69. The van der Waals surface area contributed by atoms with Crippen molar-refractivity contribution < 1.29 is 14.3 Å². The molecule has 1 aliphatic heterocycles. The molecule has 2 heterocycles. The average Bonchev–Trinajstić information content (AvgIpc) is 2.84. The molecule has 0 fully saturated rings. The molecule has 0 aliphatic carbocycles. The Morgan fingerprint density at radius 3 is 2.82 bits per heavy atom. The number of nitrogens with one attached hydrogen (secondary N) is 1. The molecule has 0 atom stereocenters. The van der Waals surface area contributed by atoms with Crippen LogP contribution in [0.15, 0.2) is 24.3 Å². The molecule has 2 aromatic rings. The maximum absolute atomic E-state index is 12.3. The van der Waals surface area contributed by atoms with Crippen LogP contribution in [0.4, 0.5) is 0 Å². The highest BCUT2D eigenvalue weighted by Crippen LogP contribution is 2.38. The zero-order valence-electron chi connectivity index (χ0n) is 12.5. The van der Waals surface area contributed by atoms with E-state index < -0.39 is 0 Å². The highest BCUT2D eigenvalue weighted by Gasteiger charge is 2.19. The van der Waals surface area contributed by atoms with Crippen molar-refractivity contribution in [1.29, 1.82) is 0 Å². The first kappa shape index (κ1) is 14.8. The molecule has 0 spiro atoms. The summed E-state index contributed by atoms with van der Waals surface area (Å²) in [5.74, 6) is 0.818. The molecule has 0 saturated heterocycles. The van der Waals surface area contributed by atoms with E-state index in [1.54, 1.807) is 12.1 Å². The summed E-state index contributed by atoms with van der Waals surface area (Å²) in [7, 11) is 1.97. The van der Waals surface area contributed by atoms with Gasteiger partial charge in [-0.15, -0.1) is 0 Å². The minimum absolute atomic E-state index is 0.197. The fourth-order valence-electron chi connectivity index (χ4n) is 2.36. The van der Waals surface area contributed by atoms with Gasteiger partial charge in [0.25, 0.3) is 5.91 Å². The Morgan fingerprint density at radius 2 is 2.09 bits per heavy atom. The third kappa shape index (κ3) is 2.76. The van der Waals surface area contributed by atoms with Crippen LogP contribution in [0.5, 0.6) is 11.5 Å². The van der Waals surface area contributed by atoms with E-state index in [2.05, 4.69) is 5.32 Å². The fraction of sp³-hybridized carbons (Fsp3) is 0.312. The Morgan fingerprint density at radius 1 is 1.32 bits per heavy atom. The largest absolute Gasteiger partial charge is 0.486 e. The lowest BCUT2D eigenvalue weighted by molar-refractivity contribution is 0.0949. The quantitative estimate of drug-likeness (QED) is 0.946. The van der Waals surface area contributed by atoms with Crippen molar-refractivity contribution in [3.8, 4) is 11.5 Å². The van der Waals surface area contributed by atoms with Gasteiger partial charge in [-0.2, -0.15) is 0 Å². The maximum atomic E-state index is 12.3. The molecule has 0 saturated carbocycles. The molecule has 6 heteroatoms. The Kier molecular flexibility index (Phi) is 3.98. The van der Waals surface area contributed by atoms with Gasteiger partial charge in [-0.05, 0) is 31.2 Å². The van der Waals surface area contributed by atoms with Crippen LogP contribution in [0, 0.1) is 6.92 Å². The first-order valence-electron chi connectivity index (χ1n) is 7.05. The summed E-state index contributed by atoms with van der Waals surface area (Å²) in [5.41, 5.74) is 2.64. The number of carbonyl (C=O) groups is 1. The van der Waals surface area contributed by atoms with Crippen LogP contribution < -0.4 is 14.8 Å². The molecule has 0 bridgehead atoms. The molecule has 1 aromatic carbocycles. The van der Waals surface area contributed by atoms with Gasteiger partial charge < -0.3 is 19.4 Å². The lowest BCUT2D eigenvalue weighted by Crippen LogP contribution is -2.24. The standard InChI is InChI=1S/C16H17ClN2O3/c1-10-3-4-12(19(10)2)9-18-16(20)11-7-13(17)15-14(8-11)21-5-6-22-15/h3-4,7-8H,5-6,9H2,1-2H3,(H,18,20). The summed E-state index contributed by atoms with van der Waals surface area (Å²) in [4.78, 5) is 12.3. The molecule has 1 N–H and O–H groups in total. The SMILES string of the molecule is Cc1ccc(CNC(=O)c2cc(Cl)c3c(c2)OCCO3)n1C. The normalized spacial score (nSPS) is 13.0. The molecule has 1 aromatic heterocycles. The molecular formula is C16H17ClN2O3. The fourth-order valence-corrected chi connectivity index (χ4v) is 2.62. The van der Waals surface area contributed by atoms with Crippen LogP contribution >= 0.6 is 11.6 Å². The molecule has 116 valence electrons. The van der Waals surface area contributed by atoms with E-state index >= 15 is 0 Å². The van der Waals surface area contributed by atoms with Gasteiger partial charge in [0.15, 0.2) is 11.5 Å². The summed E-state index contributed by atoms with van der Waals surface area (Å²) in [5, 5.41) is 3.27. The Balaban J connectivity index is 1.75. The second kappa shape index (κ2) is 5.93. The summed E-state index contributed by atoms with van der Waals surface area (Å²) < 4.78 is 13.0. The number of nitrogens with zero attached hydrogens (tertiary/aromatic N) is 1. The topological polar surface area (TPSA) is 52.5 Å². The monoisotopic (exact) mass is 320 g/mol. The van der Waals surface area contributed by atoms with E-state index in [0.717, 1.165) is 11.4 Å². The van der Waals surface area contributed by atoms with Crippen molar-refractivity contribution in [3.63, 3.8) is 0 Å². The van der Waals surface area contributed by atoms with Gasteiger partial charge in [0, 0.05) is 24.0 Å². The predicted molar refractivity (Wildman–Crippen MR) is 83.8 cm³/mol. The van der Waals surface area contributed by atoms with Gasteiger partial charge in [-0.3, -0.25) is 4.79 Å². The van der Waals surface area contributed by atoms with Crippen LogP contribution in [-0.2, 0) is 13.6 Å².